The van der Waals surface area contributed by atoms with Gasteiger partial charge in [0.05, 0.1) is 56.0 Å². The van der Waals surface area contributed by atoms with Crippen molar-refractivity contribution in [2.75, 3.05) is 0 Å². The van der Waals surface area contributed by atoms with Gasteiger partial charge in [-0.3, -0.25) is 0 Å². The molecular weight excluding hydrogens is 903 g/mol. The van der Waals surface area contributed by atoms with Gasteiger partial charge in [-0.05, 0) is 80.9 Å². The molecule has 0 saturated heterocycles. The predicted octanol–water partition coefficient (Wildman–Crippen LogP) is 15.9. The van der Waals surface area contributed by atoms with Crippen LogP contribution < -0.4 is 0 Å². The first-order valence-corrected chi connectivity index (χ1v) is 24.9. The van der Waals surface area contributed by atoms with Crippen molar-refractivity contribution in [3.63, 3.8) is 0 Å². The summed E-state index contributed by atoms with van der Waals surface area (Å²) in [6, 6.07) is 71.9. The van der Waals surface area contributed by atoms with Gasteiger partial charge < -0.3 is 9.13 Å². The van der Waals surface area contributed by atoms with E-state index in [0.29, 0.717) is 39.5 Å². The molecule has 14 rings (SSSR count). The highest BCUT2D eigenvalue weighted by atomic mass is 15.0. The number of benzene rings is 9. The number of nitrogens with zero attached hydrogens (tertiary/aromatic N) is 7. The molecule has 0 saturated carbocycles. The monoisotopic (exact) mass is 945 g/mol. The lowest BCUT2D eigenvalue weighted by Gasteiger charge is -2.24. The molecule has 0 bridgehead atoms. The standard InChI is InChI=1S/C67H43N7/c1-66(2)53-22-12-8-18-44(53)48-28-30-50-46-20-10-14-24-57(46)73(63(50)59(48)66)55-32-26-40(34-42(55)36-68)61-52(38-70)62(72-65(71-61)39-16-6-5-7-17-39)41-27-33-56(43(35-41)37-69)74-58-25-15-11-21-47(58)51-31-29-49-45-19-9-13-23-54(45)67(3,4)60(49)64(51)74/h5-35H,1-4H3. The van der Waals surface area contributed by atoms with E-state index < -0.39 is 0 Å². The Morgan fingerprint density at radius 1 is 0.392 bits per heavy atom. The van der Waals surface area contributed by atoms with Gasteiger partial charge in [0.25, 0.3) is 0 Å². The molecule has 0 radical (unpaired) electrons. The van der Waals surface area contributed by atoms with Crippen LogP contribution in [0.25, 0.3) is 111 Å². The fourth-order valence-electron chi connectivity index (χ4n) is 12.8. The lowest BCUT2D eigenvalue weighted by atomic mass is 9.81. The molecule has 0 fully saturated rings. The van der Waals surface area contributed by atoms with Gasteiger partial charge in [-0.25, -0.2) is 9.97 Å². The SMILES string of the molecule is CC1(C)c2ccccc2-c2ccc3c4ccccc4n(-c4ccc(-c5nc(-c6ccccc6)nc(-c6ccc(-n7c8ccccc8c8ccc9c(c87)C(C)(C)c7ccccc7-9)c(C#N)c6)c5C#N)cc4C#N)c3c21. The van der Waals surface area contributed by atoms with E-state index in [2.05, 4.69) is 164 Å². The number of aromatic nitrogens is 4. The van der Waals surface area contributed by atoms with E-state index in [1.165, 1.54) is 44.5 Å². The largest absolute Gasteiger partial charge is 0.308 e. The summed E-state index contributed by atoms with van der Waals surface area (Å²) in [7, 11) is 0. The van der Waals surface area contributed by atoms with Crippen molar-refractivity contribution in [3.8, 4) is 85.7 Å². The Bertz CT molecular complexity index is 4320. The van der Waals surface area contributed by atoms with Crippen LogP contribution in [0.5, 0.6) is 0 Å². The number of nitriles is 3. The van der Waals surface area contributed by atoms with Crippen molar-refractivity contribution < 1.29 is 0 Å². The van der Waals surface area contributed by atoms with Crippen LogP contribution in [0.15, 0.2) is 188 Å². The summed E-state index contributed by atoms with van der Waals surface area (Å²) in [5.41, 5.74) is 18.6. The van der Waals surface area contributed by atoms with Crippen molar-refractivity contribution in [1.82, 2.24) is 19.1 Å². The Labute approximate surface area is 427 Å². The Morgan fingerprint density at radius 2 is 0.824 bits per heavy atom. The third kappa shape index (κ3) is 5.80. The summed E-state index contributed by atoms with van der Waals surface area (Å²) in [6.45, 7) is 9.15. The highest BCUT2D eigenvalue weighted by molar-refractivity contribution is 6.14. The number of rotatable bonds is 5. The van der Waals surface area contributed by atoms with E-state index >= 15 is 0 Å². The first-order valence-electron chi connectivity index (χ1n) is 24.9. The number of hydrogen-bond acceptors (Lipinski definition) is 5. The van der Waals surface area contributed by atoms with Crippen molar-refractivity contribution in [1.29, 1.82) is 15.8 Å². The topological polar surface area (TPSA) is 107 Å². The zero-order chi connectivity index (χ0) is 50.2. The van der Waals surface area contributed by atoms with Crippen LogP contribution in [0.3, 0.4) is 0 Å². The van der Waals surface area contributed by atoms with Gasteiger partial charge in [0.1, 0.15) is 23.8 Å². The van der Waals surface area contributed by atoms with Crippen LogP contribution in [0, 0.1) is 34.0 Å². The molecule has 3 heterocycles. The van der Waals surface area contributed by atoms with Crippen molar-refractivity contribution >= 4 is 43.6 Å². The Balaban J connectivity index is 0.967. The third-order valence-corrected chi connectivity index (χ3v) is 16.0. The highest BCUT2D eigenvalue weighted by Gasteiger charge is 2.40. The predicted molar refractivity (Wildman–Crippen MR) is 296 cm³/mol. The van der Waals surface area contributed by atoms with E-state index in [1.54, 1.807) is 0 Å². The molecule has 7 nitrogen and oxygen atoms in total. The van der Waals surface area contributed by atoms with Crippen LogP contribution >= 0.6 is 0 Å². The molecule has 3 aromatic heterocycles. The van der Waals surface area contributed by atoms with Crippen LogP contribution in [0.2, 0.25) is 0 Å². The van der Waals surface area contributed by atoms with Gasteiger partial charge in [0, 0.05) is 49.1 Å². The molecule has 0 amide bonds. The van der Waals surface area contributed by atoms with Gasteiger partial charge in [0.15, 0.2) is 5.82 Å². The van der Waals surface area contributed by atoms with Gasteiger partial charge in [-0.15, -0.1) is 0 Å². The van der Waals surface area contributed by atoms with Gasteiger partial charge in [0.2, 0.25) is 0 Å². The first kappa shape index (κ1) is 43.0. The van der Waals surface area contributed by atoms with Gasteiger partial charge in [-0.1, -0.05) is 179 Å². The molecule has 0 atom stereocenters. The van der Waals surface area contributed by atoms with Crippen molar-refractivity contribution in [2.45, 2.75) is 38.5 Å². The quantitative estimate of drug-likeness (QED) is 0.171. The molecule has 0 spiro atoms. The average Bonchev–Trinajstić information content (AvgIpc) is 4.13. The fourth-order valence-corrected chi connectivity index (χ4v) is 12.8. The van der Waals surface area contributed by atoms with Gasteiger partial charge >= 0.3 is 0 Å². The van der Waals surface area contributed by atoms with Crippen LogP contribution in [0.4, 0.5) is 0 Å². The number of para-hydroxylation sites is 2. The van der Waals surface area contributed by atoms with Crippen LogP contribution in [-0.4, -0.2) is 19.1 Å². The smallest absolute Gasteiger partial charge is 0.160 e. The molecule has 2 aliphatic rings. The summed E-state index contributed by atoms with van der Waals surface area (Å²) < 4.78 is 4.50. The Morgan fingerprint density at radius 3 is 1.28 bits per heavy atom. The zero-order valence-corrected chi connectivity index (χ0v) is 41.0. The summed E-state index contributed by atoms with van der Waals surface area (Å²) in [5.74, 6) is 0.416. The molecule has 2 aliphatic carbocycles. The minimum Gasteiger partial charge on any atom is -0.308 e. The Hall–Kier alpha value is -9.87. The summed E-state index contributed by atoms with van der Waals surface area (Å²) >= 11 is 0. The van der Waals surface area contributed by atoms with Crippen molar-refractivity contribution in [2.24, 2.45) is 0 Å². The minimum absolute atomic E-state index is 0.237. The Kier molecular flexibility index (Phi) is 9.04. The second-order valence-corrected chi connectivity index (χ2v) is 20.6. The fraction of sp³-hybridized carbons (Fsp3) is 0.0896. The molecule has 0 N–H and O–H groups in total. The maximum absolute atomic E-state index is 11.3. The third-order valence-electron chi connectivity index (χ3n) is 16.0. The summed E-state index contributed by atoms with van der Waals surface area (Å²) in [5, 5.41) is 38.1. The molecule has 7 heteroatoms. The lowest BCUT2D eigenvalue weighted by molar-refractivity contribution is 0.663. The molecule has 74 heavy (non-hydrogen) atoms. The molecule has 12 aromatic rings. The molecule has 0 unspecified atom stereocenters. The zero-order valence-electron chi connectivity index (χ0n) is 41.0. The van der Waals surface area contributed by atoms with E-state index in [1.807, 2.05) is 78.9 Å². The van der Waals surface area contributed by atoms with Gasteiger partial charge in [-0.2, -0.15) is 15.8 Å². The van der Waals surface area contributed by atoms with Crippen molar-refractivity contribution in [3.05, 3.63) is 227 Å². The minimum atomic E-state index is -0.312. The summed E-state index contributed by atoms with van der Waals surface area (Å²) in [4.78, 5) is 10.3. The number of hydrogen-bond donors (Lipinski definition) is 0. The second kappa shape index (κ2) is 15.6. The highest BCUT2D eigenvalue weighted by Crippen LogP contribution is 2.55. The lowest BCUT2D eigenvalue weighted by Crippen LogP contribution is -2.16. The van der Waals surface area contributed by atoms with E-state index in [4.69, 9.17) is 9.97 Å². The number of fused-ring (bicyclic) bond motifs is 14. The molecule has 9 aromatic carbocycles. The average molecular weight is 946 g/mol. The maximum Gasteiger partial charge on any atom is 0.160 e. The van der Waals surface area contributed by atoms with E-state index in [9.17, 15) is 15.8 Å². The normalized spacial score (nSPS) is 13.6. The molecule has 346 valence electrons. The van der Waals surface area contributed by atoms with Crippen LogP contribution in [-0.2, 0) is 10.8 Å². The second-order valence-electron chi connectivity index (χ2n) is 20.6. The van der Waals surface area contributed by atoms with Crippen LogP contribution in [0.1, 0.15) is 66.6 Å². The first-order chi connectivity index (χ1) is 36.1. The maximum atomic E-state index is 11.3. The van der Waals surface area contributed by atoms with E-state index in [0.717, 1.165) is 60.5 Å². The molecule has 0 aliphatic heterocycles. The van der Waals surface area contributed by atoms with E-state index in [-0.39, 0.29) is 16.4 Å². The summed E-state index contributed by atoms with van der Waals surface area (Å²) in [6.07, 6.45) is 0. The molecular formula is C67H43N7.